The molecule has 0 saturated carbocycles. The van der Waals surface area contributed by atoms with Gasteiger partial charge in [0.1, 0.15) is 5.82 Å². The number of carbonyl (C=O) groups is 1. The number of ether oxygens (including phenoxy) is 2. The van der Waals surface area contributed by atoms with Gasteiger partial charge in [-0.3, -0.25) is 4.79 Å². The fraction of sp³-hybridized carbons (Fsp3) is 0.0625. The normalized spacial score (nSPS) is 12.7. The highest BCUT2D eigenvalue weighted by Crippen LogP contribution is 2.32. The maximum Gasteiger partial charge on any atom is 0.248 e. The van der Waals surface area contributed by atoms with E-state index in [1.54, 1.807) is 18.2 Å². The molecule has 1 aliphatic rings. The van der Waals surface area contributed by atoms with Crippen LogP contribution in [0.25, 0.3) is 6.08 Å². The van der Waals surface area contributed by atoms with Gasteiger partial charge in [0.2, 0.25) is 12.7 Å². The molecular weight excluding hydrogens is 311 g/mol. The molecule has 0 atom stereocenters. The lowest BCUT2D eigenvalue weighted by atomic mass is 10.2. The lowest BCUT2D eigenvalue weighted by Gasteiger charge is -2.04. The molecule has 0 saturated heterocycles. The Hall–Kier alpha value is -2.96. The van der Waals surface area contributed by atoms with Gasteiger partial charge in [0.25, 0.3) is 0 Å². The molecule has 0 aliphatic carbocycles. The topological polar surface area (TPSA) is 47.6 Å². The molecule has 0 aromatic heterocycles. The highest BCUT2D eigenvalue weighted by molar-refractivity contribution is 6.02. The minimum absolute atomic E-state index is 0.137. The van der Waals surface area contributed by atoms with Crippen molar-refractivity contribution < 1.29 is 27.4 Å². The average Bonchev–Trinajstić information content (AvgIpc) is 2.98. The van der Waals surface area contributed by atoms with Crippen LogP contribution >= 0.6 is 0 Å². The standard InChI is InChI=1S/C16H10F3NO3/c17-10-6-12(19)13(7-11(10)18)20-16(21)4-2-9-1-3-14-15(5-9)23-8-22-14/h1-7H,8H2,(H,20,21)/b4-2+. The van der Waals surface area contributed by atoms with Crippen molar-refractivity contribution >= 4 is 17.7 Å². The van der Waals surface area contributed by atoms with E-state index in [-0.39, 0.29) is 6.79 Å². The number of amides is 1. The summed E-state index contributed by atoms with van der Waals surface area (Å²) in [4.78, 5) is 11.7. The molecule has 23 heavy (non-hydrogen) atoms. The molecule has 0 radical (unpaired) electrons. The molecule has 0 spiro atoms. The van der Waals surface area contributed by atoms with Crippen LogP contribution in [0.1, 0.15) is 5.56 Å². The van der Waals surface area contributed by atoms with Crippen molar-refractivity contribution in [3.05, 3.63) is 59.4 Å². The lowest BCUT2D eigenvalue weighted by molar-refractivity contribution is -0.111. The Morgan fingerprint density at radius 1 is 1.00 bits per heavy atom. The number of fused-ring (bicyclic) bond motifs is 1. The first-order chi connectivity index (χ1) is 11.0. The molecule has 1 N–H and O–H groups in total. The molecule has 118 valence electrons. The van der Waals surface area contributed by atoms with Gasteiger partial charge in [0.05, 0.1) is 5.69 Å². The first-order valence-electron chi connectivity index (χ1n) is 6.56. The summed E-state index contributed by atoms with van der Waals surface area (Å²) in [5.74, 6) is -3.16. The van der Waals surface area contributed by atoms with Crippen LogP contribution in [0.3, 0.4) is 0 Å². The van der Waals surface area contributed by atoms with Crippen molar-refractivity contribution in [3.8, 4) is 11.5 Å². The third-order valence-electron chi connectivity index (χ3n) is 3.09. The van der Waals surface area contributed by atoms with Gasteiger partial charge in [0.15, 0.2) is 23.1 Å². The van der Waals surface area contributed by atoms with E-state index in [0.717, 1.165) is 6.08 Å². The number of hydrogen-bond donors (Lipinski definition) is 1. The van der Waals surface area contributed by atoms with E-state index in [4.69, 9.17) is 9.47 Å². The minimum atomic E-state index is -1.32. The largest absolute Gasteiger partial charge is 0.454 e. The second-order valence-corrected chi connectivity index (χ2v) is 4.68. The van der Waals surface area contributed by atoms with Crippen LogP contribution in [0.15, 0.2) is 36.4 Å². The second kappa shape index (κ2) is 6.04. The number of rotatable bonds is 3. The summed E-state index contributed by atoms with van der Waals surface area (Å²) in [6, 6.07) is 6.01. The summed E-state index contributed by atoms with van der Waals surface area (Å²) in [6.45, 7) is 0.137. The third kappa shape index (κ3) is 3.28. The summed E-state index contributed by atoms with van der Waals surface area (Å²) in [5, 5.41) is 2.14. The van der Waals surface area contributed by atoms with Crippen LogP contribution in [0.4, 0.5) is 18.9 Å². The predicted molar refractivity (Wildman–Crippen MR) is 76.5 cm³/mol. The summed E-state index contributed by atoms with van der Waals surface area (Å²) >= 11 is 0. The molecule has 0 bridgehead atoms. The van der Waals surface area contributed by atoms with Crippen molar-refractivity contribution in [2.24, 2.45) is 0 Å². The molecule has 0 fully saturated rings. The molecule has 1 aliphatic heterocycles. The van der Waals surface area contributed by atoms with E-state index in [0.29, 0.717) is 29.2 Å². The van der Waals surface area contributed by atoms with Crippen LogP contribution in [-0.4, -0.2) is 12.7 Å². The number of hydrogen-bond acceptors (Lipinski definition) is 3. The molecule has 1 amide bonds. The van der Waals surface area contributed by atoms with Gasteiger partial charge < -0.3 is 14.8 Å². The molecule has 2 aromatic rings. The number of carbonyl (C=O) groups excluding carboxylic acids is 1. The van der Waals surface area contributed by atoms with E-state index >= 15 is 0 Å². The van der Waals surface area contributed by atoms with Crippen molar-refractivity contribution in [2.45, 2.75) is 0 Å². The zero-order valence-electron chi connectivity index (χ0n) is 11.6. The quantitative estimate of drug-likeness (QED) is 0.695. The molecule has 3 rings (SSSR count). The smallest absolute Gasteiger partial charge is 0.248 e. The Morgan fingerprint density at radius 3 is 2.57 bits per heavy atom. The van der Waals surface area contributed by atoms with E-state index in [9.17, 15) is 18.0 Å². The lowest BCUT2D eigenvalue weighted by Crippen LogP contribution is -2.10. The average molecular weight is 321 g/mol. The number of anilines is 1. The van der Waals surface area contributed by atoms with Gasteiger partial charge in [-0.15, -0.1) is 0 Å². The fourth-order valence-electron chi connectivity index (χ4n) is 1.98. The van der Waals surface area contributed by atoms with E-state index in [1.807, 2.05) is 0 Å². The van der Waals surface area contributed by atoms with Crippen molar-refractivity contribution in [1.82, 2.24) is 0 Å². The molecular formula is C16H10F3NO3. The molecule has 1 heterocycles. The Labute approximate surface area is 129 Å². The van der Waals surface area contributed by atoms with Gasteiger partial charge in [-0.25, -0.2) is 13.2 Å². The van der Waals surface area contributed by atoms with Gasteiger partial charge in [-0.2, -0.15) is 0 Å². The Bertz CT molecular complexity index is 805. The van der Waals surface area contributed by atoms with E-state index in [2.05, 4.69) is 5.32 Å². The maximum absolute atomic E-state index is 13.4. The van der Waals surface area contributed by atoms with Crippen LogP contribution in [0, 0.1) is 17.5 Å². The SMILES string of the molecule is O=C(/C=C/c1ccc2c(c1)OCO2)Nc1cc(F)c(F)cc1F. The Balaban J connectivity index is 1.71. The van der Waals surface area contributed by atoms with Gasteiger partial charge >= 0.3 is 0 Å². The summed E-state index contributed by atoms with van der Waals surface area (Å²) in [7, 11) is 0. The molecule has 0 unspecified atom stereocenters. The number of benzene rings is 2. The van der Waals surface area contributed by atoms with Crippen LogP contribution < -0.4 is 14.8 Å². The van der Waals surface area contributed by atoms with Crippen LogP contribution in [0.5, 0.6) is 11.5 Å². The summed E-state index contributed by atoms with van der Waals surface area (Å²) < 4.78 is 49.6. The maximum atomic E-state index is 13.4. The molecule has 2 aromatic carbocycles. The van der Waals surface area contributed by atoms with Crippen molar-refractivity contribution in [1.29, 1.82) is 0 Å². The zero-order valence-corrected chi connectivity index (χ0v) is 11.6. The highest BCUT2D eigenvalue weighted by atomic mass is 19.2. The van der Waals surface area contributed by atoms with Gasteiger partial charge in [-0.05, 0) is 23.8 Å². The predicted octanol–water partition coefficient (Wildman–Crippen LogP) is 3.48. The molecule has 7 heteroatoms. The number of nitrogens with one attached hydrogen (secondary N) is 1. The fourth-order valence-corrected chi connectivity index (χ4v) is 1.98. The first-order valence-corrected chi connectivity index (χ1v) is 6.56. The first kappa shape index (κ1) is 15.0. The highest BCUT2D eigenvalue weighted by Gasteiger charge is 2.13. The van der Waals surface area contributed by atoms with Gasteiger partial charge in [-0.1, -0.05) is 6.07 Å². The Morgan fingerprint density at radius 2 is 1.74 bits per heavy atom. The minimum Gasteiger partial charge on any atom is -0.454 e. The zero-order chi connectivity index (χ0) is 16.4. The monoisotopic (exact) mass is 321 g/mol. The Kier molecular flexibility index (Phi) is 3.92. The van der Waals surface area contributed by atoms with E-state index in [1.165, 1.54) is 6.08 Å². The van der Waals surface area contributed by atoms with Crippen molar-refractivity contribution in [3.63, 3.8) is 0 Å². The van der Waals surface area contributed by atoms with Gasteiger partial charge in [0, 0.05) is 18.2 Å². The summed E-state index contributed by atoms with van der Waals surface area (Å²) in [5.41, 5.74) is 0.222. The van der Waals surface area contributed by atoms with Crippen molar-refractivity contribution in [2.75, 3.05) is 12.1 Å². The van der Waals surface area contributed by atoms with Crippen LogP contribution in [-0.2, 0) is 4.79 Å². The van der Waals surface area contributed by atoms with Crippen LogP contribution in [0.2, 0.25) is 0 Å². The molecule has 4 nitrogen and oxygen atoms in total. The summed E-state index contributed by atoms with van der Waals surface area (Å²) in [6.07, 6.45) is 2.60. The number of halogens is 3. The third-order valence-corrected chi connectivity index (χ3v) is 3.09. The van der Waals surface area contributed by atoms with E-state index < -0.39 is 29.0 Å². The second-order valence-electron chi connectivity index (χ2n) is 4.68.